The number of carbonyl (C=O) groups excluding carboxylic acids is 1. The van der Waals surface area contributed by atoms with E-state index < -0.39 is 5.97 Å². The summed E-state index contributed by atoms with van der Waals surface area (Å²) >= 11 is 5.89. The molecule has 0 aliphatic carbocycles. The quantitative estimate of drug-likeness (QED) is 0.638. The minimum Gasteiger partial charge on any atom is -0.465 e. The van der Waals surface area contributed by atoms with Gasteiger partial charge in [-0.1, -0.05) is 24.9 Å². The Morgan fingerprint density at radius 1 is 1.53 bits per heavy atom. The minimum atomic E-state index is -0.433. The van der Waals surface area contributed by atoms with Crippen LogP contribution in [-0.2, 0) is 11.2 Å². The first-order chi connectivity index (χ1) is 7.10. The molecule has 0 bridgehead atoms. The number of nitrogen functional groups attached to an aromatic ring is 1. The summed E-state index contributed by atoms with van der Waals surface area (Å²) in [6.45, 7) is 2.05. The van der Waals surface area contributed by atoms with Gasteiger partial charge >= 0.3 is 5.97 Å². The summed E-state index contributed by atoms with van der Waals surface area (Å²) in [5.74, 6) is -0.433. The van der Waals surface area contributed by atoms with Crippen molar-refractivity contribution in [3.8, 4) is 0 Å². The van der Waals surface area contributed by atoms with Gasteiger partial charge in [0.1, 0.15) is 0 Å². The van der Waals surface area contributed by atoms with Gasteiger partial charge in [0.15, 0.2) is 0 Å². The van der Waals surface area contributed by atoms with Crippen LogP contribution in [0.2, 0.25) is 5.02 Å². The maximum Gasteiger partial charge on any atom is 0.339 e. The smallest absolute Gasteiger partial charge is 0.339 e. The maximum absolute atomic E-state index is 11.4. The van der Waals surface area contributed by atoms with Gasteiger partial charge in [0, 0.05) is 5.69 Å². The van der Waals surface area contributed by atoms with Crippen LogP contribution in [0.4, 0.5) is 5.69 Å². The number of benzene rings is 1. The third kappa shape index (κ3) is 2.63. The van der Waals surface area contributed by atoms with Crippen molar-refractivity contribution in [1.29, 1.82) is 0 Å². The highest BCUT2D eigenvalue weighted by Gasteiger charge is 2.13. The summed E-state index contributed by atoms with van der Waals surface area (Å²) in [6, 6.07) is 3.30. The number of hydrogen-bond donors (Lipinski definition) is 1. The number of rotatable bonds is 3. The van der Waals surface area contributed by atoms with Gasteiger partial charge in [0.2, 0.25) is 0 Å². The zero-order chi connectivity index (χ0) is 11.4. The average Bonchev–Trinajstić information content (AvgIpc) is 2.21. The van der Waals surface area contributed by atoms with Gasteiger partial charge in [-0.3, -0.25) is 0 Å². The predicted molar refractivity (Wildman–Crippen MR) is 61.2 cm³/mol. The van der Waals surface area contributed by atoms with Crippen LogP contribution >= 0.6 is 11.6 Å². The van der Waals surface area contributed by atoms with Gasteiger partial charge < -0.3 is 10.5 Å². The van der Waals surface area contributed by atoms with Gasteiger partial charge in [-0.25, -0.2) is 4.79 Å². The lowest BCUT2D eigenvalue weighted by atomic mass is 10.0. The van der Waals surface area contributed by atoms with Crippen molar-refractivity contribution < 1.29 is 9.53 Å². The molecule has 0 fully saturated rings. The molecule has 4 heteroatoms. The van der Waals surface area contributed by atoms with Crippen LogP contribution in [0.15, 0.2) is 12.1 Å². The summed E-state index contributed by atoms with van der Waals surface area (Å²) in [4.78, 5) is 11.4. The minimum absolute atomic E-state index is 0.333. The number of hydrogen-bond acceptors (Lipinski definition) is 3. The molecule has 0 atom stereocenters. The molecule has 1 aromatic carbocycles. The Kier molecular flexibility index (Phi) is 3.97. The molecule has 0 heterocycles. The third-order valence-corrected chi connectivity index (χ3v) is 2.47. The zero-order valence-electron chi connectivity index (χ0n) is 8.84. The van der Waals surface area contributed by atoms with E-state index in [1.54, 1.807) is 12.1 Å². The molecule has 0 saturated heterocycles. The van der Waals surface area contributed by atoms with Crippen molar-refractivity contribution in [3.63, 3.8) is 0 Å². The number of anilines is 1. The van der Waals surface area contributed by atoms with E-state index in [0.717, 1.165) is 18.4 Å². The fraction of sp³-hybridized carbons (Fsp3) is 0.364. The SMILES string of the molecule is CCCc1cc(C(=O)OC)c(Cl)cc1N. The Morgan fingerprint density at radius 3 is 2.73 bits per heavy atom. The van der Waals surface area contributed by atoms with Gasteiger partial charge in [0.05, 0.1) is 17.7 Å². The fourth-order valence-corrected chi connectivity index (χ4v) is 1.63. The molecular weight excluding hydrogens is 214 g/mol. The predicted octanol–water partition coefficient (Wildman–Crippen LogP) is 2.66. The molecule has 0 unspecified atom stereocenters. The molecule has 1 aromatic rings. The number of nitrogens with two attached hydrogens (primary N) is 1. The van der Waals surface area contributed by atoms with E-state index in [2.05, 4.69) is 4.74 Å². The zero-order valence-corrected chi connectivity index (χ0v) is 9.60. The van der Waals surface area contributed by atoms with Crippen molar-refractivity contribution in [2.45, 2.75) is 19.8 Å². The van der Waals surface area contributed by atoms with Gasteiger partial charge in [-0.2, -0.15) is 0 Å². The molecule has 0 radical (unpaired) electrons. The third-order valence-electron chi connectivity index (χ3n) is 2.15. The van der Waals surface area contributed by atoms with Crippen molar-refractivity contribution in [1.82, 2.24) is 0 Å². The first-order valence-corrected chi connectivity index (χ1v) is 5.14. The number of halogens is 1. The lowest BCUT2D eigenvalue weighted by Gasteiger charge is -2.08. The molecule has 0 spiro atoms. The van der Waals surface area contributed by atoms with Crippen molar-refractivity contribution in [2.24, 2.45) is 0 Å². The first kappa shape index (κ1) is 11.9. The standard InChI is InChI=1S/C11H14ClNO2/c1-3-4-7-5-8(11(14)15-2)9(12)6-10(7)13/h5-6H,3-4,13H2,1-2H3. The van der Waals surface area contributed by atoms with Crippen LogP contribution in [0.1, 0.15) is 29.3 Å². The lowest BCUT2D eigenvalue weighted by Crippen LogP contribution is -2.05. The molecule has 0 aliphatic rings. The number of esters is 1. The Balaban J connectivity index is 3.17. The number of methoxy groups -OCH3 is 1. The van der Waals surface area contributed by atoms with E-state index in [4.69, 9.17) is 17.3 Å². The highest BCUT2D eigenvalue weighted by Crippen LogP contribution is 2.25. The Labute approximate surface area is 94.2 Å². The maximum atomic E-state index is 11.4. The Hall–Kier alpha value is -1.22. The normalized spacial score (nSPS) is 10.1. The van der Waals surface area contributed by atoms with Crippen LogP contribution in [-0.4, -0.2) is 13.1 Å². The lowest BCUT2D eigenvalue weighted by molar-refractivity contribution is 0.0601. The van der Waals surface area contributed by atoms with Gasteiger partial charge in [-0.15, -0.1) is 0 Å². The van der Waals surface area contributed by atoms with E-state index in [0.29, 0.717) is 16.3 Å². The molecule has 1 rings (SSSR count). The van der Waals surface area contributed by atoms with Crippen LogP contribution < -0.4 is 5.73 Å². The Bertz CT molecular complexity index is 377. The average molecular weight is 228 g/mol. The number of ether oxygens (including phenoxy) is 1. The molecule has 2 N–H and O–H groups in total. The highest BCUT2D eigenvalue weighted by atomic mass is 35.5. The first-order valence-electron chi connectivity index (χ1n) is 4.76. The molecule has 0 aromatic heterocycles. The number of aryl methyl sites for hydroxylation is 1. The second-order valence-corrected chi connectivity index (χ2v) is 3.68. The van der Waals surface area contributed by atoms with Crippen molar-refractivity contribution in [3.05, 3.63) is 28.3 Å². The van der Waals surface area contributed by atoms with E-state index in [9.17, 15) is 4.79 Å². The largest absolute Gasteiger partial charge is 0.465 e. The van der Waals surface area contributed by atoms with Crippen LogP contribution in [0.5, 0.6) is 0 Å². The van der Waals surface area contributed by atoms with Crippen LogP contribution in [0.3, 0.4) is 0 Å². The second-order valence-electron chi connectivity index (χ2n) is 3.27. The molecular formula is C11H14ClNO2. The molecule has 0 amide bonds. The monoisotopic (exact) mass is 227 g/mol. The summed E-state index contributed by atoms with van der Waals surface area (Å²) in [5, 5.41) is 0.333. The van der Waals surface area contributed by atoms with E-state index in [-0.39, 0.29) is 0 Å². The van der Waals surface area contributed by atoms with Crippen LogP contribution in [0, 0.1) is 0 Å². The molecule has 0 aliphatic heterocycles. The summed E-state index contributed by atoms with van der Waals surface area (Å²) in [6.07, 6.45) is 1.79. The molecule has 3 nitrogen and oxygen atoms in total. The summed E-state index contributed by atoms with van der Waals surface area (Å²) in [5.41, 5.74) is 7.71. The van der Waals surface area contributed by atoms with Crippen molar-refractivity contribution >= 4 is 23.3 Å². The van der Waals surface area contributed by atoms with E-state index >= 15 is 0 Å². The van der Waals surface area contributed by atoms with Gasteiger partial charge in [-0.05, 0) is 24.1 Å². The van der Waals surface area contributed by atoms with Crippen molar-refractivity contribution in [2.75, 3.05) is 12.8 Å². The van der Waals surface area contributed by atoms with Gasteiger partial charge in [0.25, 0.3) is 0 Å². The van der Waals surface area contributed by atoms with E-state index in [1.165, 1.54) is 7.11 Å². The molecule has 15 heavy (non-hydrogen) atoms. The summed E-state index contributed by atoms with van der Waals surface area (Å²) in [7, 11) is 1.33. The summed E-state index contributed by atoms with van der Waals surface area (Å²) < 4.78 is 4.63. The topological polar surface area (TPSA) is 52.3 Å². The molecule has 82 valence electrons. The fourth-order valence-electron chi connectivity index (χ4n) is 1.39. The Morgan fingerprint density at radius 2 is 2.20 bits per heavy atom. The number of carbonyl (C=O) groups is 1. The molecule has 0 saturated carbocycles. The van der Waals surface area contributed by atoms with E-state index in [1.807, 2.05) is 6.92 Å². The highest BCUT2D eigenvalue weighted by molar-refractivity contribution is 6.33. The second kappa shape index (κ2) is 5.03. The van der Waals surface area contributed by atoms with Crippen LogP contribution in [0.25, 0.3) is 0 Å².